The summed E-state index contributed by atoms with van der Waals surface area (Å²) in [7, 11) is 0. The van der Waals surface area contributed by atoms with Crippen LogP contribution in [0.4, 0.5) is 4.39 Å². The minimum absolute atomic E-state index is 0.0266. The van der Waals surface area contributed by atoms with Gasteiger partial charge in [0.25, 0.3) is 0 Å². The van der Waals surface area contributed by atoms with Crippen molar-refractivity contribution in [3.05, 3.63) is 0 Å². The van der Waals surface area contributed by atoms with Crippen LogP contribution in [0.2, 0.25) is 0 Å². The normalized spacial score (nSPS) is 31.5. The molecule has 10 heteroatoms. The fourth-order valence-corrected chi connectivity index (χ4v) is 6.33. The Hall–Kier alpha value is -1.33. The van der Waals surface area contributed by atoms with Gasteiger partial charge in [-0.25, -0.2) is 4.39 Å². The number of nitrogens with one attached hydrogen (secondary N) is 3. The zero-order valence-electron chi connectivity index (χ0n) is 21.9. The van der Waals surface area contributed by atoms with Gasteiger partial charge in [-0.15, -0.1) is 0 Å². The molecule has 3 saturated heterocycles. The highest BCUT2D eigenvalue weighted by atomic mass is 19.1. The molecule has 0 aromatic carbocycles. The summed E-state index contributed by atoms with van der Waals surface area (Å²) in [5.41, 5.74) is 12.4. The number of carbonyl (C=O) groups is 2. The van der Waals surface area contributed by atoms with Crippen LogP contribution in [-0.2, 0) is 9.59 Å². The number of alkyl halides is 1. The van der Waals surface area contributed by atoms with Crippen molar-refractivity contribution < 1.29 is 14.0 Å². The minimum atomic E-state index is -0.937. The maximum atomic E-state index is 14.5. The first kappa shape index (κ1) is 28.2. The molecule has 5 atom stereocenters. The van der Waals surface area contributed by atoms with Gasteiger partial charge in [-0.1, -0.05) is 26.7 Å². The number of nitrogens with two attached hydrogens (primary N) is 2. The van der Waals surface area contributed by atoms with E-state index in [1.165, 1.54) is 0 Å². The summed E-state index contributed by atoms with van der Waals surface area (Å²) in [6.07, 6.45) is 3.12. The maximum Gasteiger partial charge on any atom is 0.227 e. The predicted octanol–water partition coefficient (Wildman–Crippen LogP) is 0.144. The van der Waals surface area contributed by atoms with Crippen LogP contribution in [-0.4, -0.2) is 97.9 Å². The Labute approximate surface area is 210 Å². The van der Waals surface area contributed by atoms with E-state index >= 15 is 0 Å². The SMILES string of the molecule is CCC1(CC)CCC(F)CNC(C(C(=O)NC2CNCCC2N2CCN(C(C)=O)CC2)C(N)N)C1. The van der Waals surface area contributed by atoms with Crippen LogP contribution < -0.4 is 27.4 Å². The van der Waals surface area contributed by atoms with E-state index in [0.717, 1.165) is 51.7 Å². The maximum absolute atomic E-state index is 14.5. The van der Waals surface area contributed by atoms with Gasteiger partial charge in [0.05, 0.1) is 18.1 Å². The molecule has 0 aliphatic carbocycles. The van der Waals surface area contributed by atoms with Gasteiger partial charge in [0, 0.05) is 58.3 Å². The molecule has 0 spiro atoms. The Morgan fingerprint density at radius 1 is 1.11 bits per heavy atom. The quantitative estimate of drug-likeness (QED) is 0.317. The largest absolute Gasteiger partial charge is 0.350 e. The number of amides is 2. The van der Waals surface area contributed by atoms with Gasteiger partial charge in [0.2, 0.25) is 11.8 Å². The Kier molecular flexibility index (Phi) is 10.3. The number of hydrogen-bond donors (Lipinski definition) is 5. The molecular formula is C25H48FN7O2. The number of piperazine rings is 1. The van der Waals surface area contributed by atoms with Gasteiger partial charge in [-0.2, -0.15) is 0 Å². The van der Waals surface area contributed by atoms with Gasteiger partial charge in [-0.05, 0) is 37.6 Å². The molecule has 202 valence electrons. The van der Waals surface area contributed by atoms with E-state index in [1.54, 1.807) is 6.92 Å². The summed E-state index contributed by atoms with van der Waals surface area (Å²) in [6.45, 7) is 10.7. The zero-order valence-corrected chi connectivity index (χ0v) is 21.9. The van der Waals surface area contributed by atoms with Crippen molar-refractivity contribution in [2.24, 2.45) is 22.8 Å². The molecule has 0 bridgehead atoms. The second-order valence-electron chi connectivity index (χ2n) is 10.9. The van der Waals surface area contributed by atoms with Crippen LogP contribution in [0, 0.1) is 11.3 Å². The summed E-state index contributed by atoms with van der Waals surface area (Å²) in [5.74, 6) is -0.692. The van der Waals surface area contributed by atoms with Crippen LogP contribution in [0.5, 0.6) is 0 Å². The molecular weight excluding hydrogens is 449 g/mol. The van der Waals surface area contributed by atoms with Crippen LogP contribution in [0.1, 0.15) is 59.3 Å². The fourth-order valence-electron chi connectivity index (χ4n) is 6.33. The number of carbonyl (C=O) groups excluding carboxylic acids is 2. The summed E-state index contributed by atoms with van der Waals surface area (Å²) in [6, 6.07) is -0.164. The van der Waals surface area contributed by atoms with Crippen LogP contribution >= 0.6 is 0 Å². The molecule has 35 heavy (non-hydrogen) atoms. The number of nitrogens with zero attached hydrogens (tertiary/aromatic N) is 2. The smallest absolute Gasteiger partial charge is 0.227 e. The molecule has 0 aromatic rings. The molecule has 7 N–H and O–H groups in total. The Balaban J connectivity index is 1.72. The average Bonchev–Trinajstić information content (AvgIpc) is 2.84. The van der Waals surface area contributed by atoms with E-state index in [-0.39, 0.29) is 41.9 Å². The molecule has 3 aliphatic heterocycles. The Morgan fingerprint density at radius 2 is 1.80 bits per heavy atom. The van der Waals surface area contributed by atoms with Crippen molar-refractivity contribution in [3.63, 3.8) is 0 Å². The van der Waals surface area contributed by atoms with E-state index in [4.69, 9.17) is 11.5 Å². The molecule has 3 heterocycles. The third-order valence-electron chi connectivity index (χ3n) is 8.90. The zero-order chi connectivity index (χ0) is 25.6. The molecule has 0 radical (unpaired) electrons. The van der Waals surface area contributed by atoms with Gasteiger partial charge in [0.15, 0.2) is 0 Å². The molecule has 3 fully saturated rings. The van der Waals surface area contributed by atoms with Crippen LogP contribution in [0.25, 0.3) is 0 Å². The summed E-state index contributed by atoms with van der Waals surface area (Å²) < 4.78 is 14.5. The third kappa shape index (κ3) is 7.13. The van der Waals surface area contributed by atoms with E-state index < -0.39 is 18.3 Å². The van der Waals surface area contributed by atoms with Crippen LogP contribution in [0.15, 0.2) is 0 Å². The van der Waals surface area contributed by atoms with Crippen molar-refractivity contribution in [1.29, 1.82) is 0 Å². The Morgan fingerprint density at radius 3 is 2.40 bits per heavy atom. The second kappa shape index (κ2) is 12.8. The molecule has 5 unspecified atom stereocenters. The van der Waals surface area contributed by atoms with E-state index in [0.29, 0.717) is 26.1 Å². The number of hydrogen-bond acceptors (Lipinski definition) is 7. The molecule has 3 rings (SSSR count). The molecule has 3 aliphatic rings. The van der Waals surface area contributed by atoms with Crippen molar-refractivity contribution in [2.75, 3.05) is 45.8 Å². The highest BCUT2D eigenvalue weighted by Gasteiger charge is 2.41. The van der Waals surface area contributed by atoms with Crippen molar-refractivity contribution in [1.82, 2.24) is 25.8 Å². The topological polar surface area (TPSA) is 129 Å². The molecule has 0 aromatic heterocycles. The van der Waals surface area contributed by atoms with Gasteiger partial charge >= 0.3 is 0 Å². The first-order valence-electron chi connectivity index (χ1n) is 13.6. The standard InChI is InChI=1S/C25H48FN7O2/c1-4-25(5-2)8-6-18(26)15-30-19(14-25)22(23(27)28)24(35)31-20-16-29-9-7-21(20)33-12-10-32(11-13-33)17(3)34/h18-23,29-30H,4-16,27-28H2,1-3H3,(H,31,35). The molecule has 2 amide bonds. The van der Waals surface area contributed by atoms with Crippen molar-refractivity contribution in [2.45, 2.75) is 89.8 Å². The van der Waals surface area contributed by atoms with Crippen molar-refractivity contribution in [3.8, 4) is 0 Å². The van der Waals surface area contributed by atoms with Gasteiger partial charge in [0.1, 0.15) is 6.17 Å². The van der Waals surface area contributed by atoms with E-state index in [2.05, 4.69) is 34.7 Å². The number of piperidine rings is 1. The lowest BCUT2D eigenvalue weighted by Crippen LogP contribution is -2.65. The highest BCUT2D eigenvalue weighted by Crippen LogP contribution is 2.40. The van der Waals surface area contributed by atoms with E-state index in [1.807, 2.05) is 4.90 Å². The average molecular weight is 498 g/mol. The molecule has 0 saturated carbocycles. The number of rotatable bonds is 7. The van der Waals surface area contributed by atoms with Gasteiger partial charge < -0.3 is 32.3 Å². The second-order valence-corrected chi connectivity index (χ2v) is 10.9. The van der Waals surface area contributed by atoms with Crippen molar-refractivity contribution >= 4 is 11.8 Å². The lowest BCUT2D eigenvalue weighted by molar-refractivity contribution is -0.131. The summed E-state index contributed by atoms with van der Waals surface area (Å²) in [4.78, 5) is 29.7. The molecule has 9 nitrogen and oxygen atoms in total. The highest BCUT2D eigenvalue weighted by molar-refractivity contribution is 5.80. The summed E-state index contributed by atoms with van der Waals surface area (Å²) >= 11 is 0. The monoisotopic (exact) mass is 497 g/mol. The lowest BCUT2D eigenvalue weighted by Gasteiger charge is -2.45. The van der Waals surface area contributed by atoms with Crippen LogP contribution in [0.3, 0.4) is 0 Å². The fraction of sp³-hybridized carbons (Fsp3) is 0.920. The lowest BCUT2D eigenvalue weighted by atomic mass is 9.70. The minimum Gasteiger partial charge on any atom is -0.350 e. The third-order valence-corrected chi connectivity index (χ3v) is 8.90. The van der Waals surface area contributed by atoms with Gasteiger partial charge in [-0.3, -0.25) is 14.5 Å². The predicted molar refractivity (Wildman–Crippen MR) is 136 cm³/mol. The summed E-state index contributed by atoms with van der Waals surface area (Å²) in [5, 5.41) is 10.0. The van der Waals surface area contributed by atoms with E-state index in [9.17, 15) is 14.0 Å². The first-order valence-corrected chi connectivity index (χ1v) is 13.6. The number of halogens is 1. The first-order chi connectivity index (χ1) is 16.7. The Bertz CT molecular complexity index is 697.